The first-order chi connectivity index (χ1) is 10.4. The van der Waals surface area contributed by atoms with Crippen LogP contribution in [0.4, 0.5) is 5.69 Å². The van der Waals surface area contributed by atoms with Crippen LogP contribution in [0.15, 0.2) is 24.3 Å². The summed E-state index contributed by atoms with van der Waals surface area (Å²) in [5.41, 5.74) is 0.660. The summed E-state index contributed by atoms with van der Waals surface area (Å²) in [5, 5.41) is 2.84. The van der Waals surface area contributed by atoms with Gasteiger partial charge < -0.3 is 10.1 Å². The average molecular weight is 326 g/mol. The summed E-state index contributed by atoms with van der Waals surface area (Å²) in [6, 6.07) is 7.19. The van der Waals surface area contributed by atoms with Crippen molar-refractivity contribution >= 4 is 21.6 Å². The van der Waals surface area contributed by atoms with Gasteiger partial charge in [0.05, 0.1) is 18.8 Å². The molecule has 1 amide bonds. The van der Waals surface area contributed by atoms with Crippen LogP contribution in [0.3, 0.4) is 0 Å². The number of sulfonamides is 1. The molecule has 0 radical (unpaired) electrons. The predicted molar refractivity (Wildman–Crippen MR) is 85.4 cm³/mol. The quantitative estimate of drug-likeness (QED) is 0.893. The molecule has 1 aromatic rings. The van der Waals surface area contributed by atoms with Gasteiger partial charge in [-0.25, -0.2) is 12.7 Å². The Hall–Kier alpha value is -1.60. The number of nitrogens with one attached hydrogen (secondary N) is 1. The first-order valence-electron chi connectivity index (χ1n) is 7.39. The lowest BCUT2D eigenvalue weighted by Crippen LogP contribution is -2.43. The van der Waals surface area contributed by atoms with E-state index in [4.69, 9.17) is 4.74 Å². The van der Waals surface area contributed by atoms with Gasteiger partial charge in [-0.15, -0.1) is 0 Å². The first kappa shape index (κ1) is 16.8. The van der Waals surface area contributed by atoms with Crippen molar-refractivity contribution in [3.63, 3.8) is 0 Å². The minimum atomic E-state index is -3.25. The van der Waals surface area contributed by atoms with Crippen molar-refractivity contribution in [2.24, 2.45) is 5.92 Å². The molecule has 7 heteroatoms. The number of carbonyl (C=O) groups excluding carboxylic acids is 1. The maximum atomic E-state index is 12.3. The smallest absolute Gasteiger partial charge is 0.228 e. The van der Waals surface area contributed by atoms with Crippen LogP contribution in [-0.2, 0) is 14.8 Å². The van der Waals surface area contributed by atoms with Gasteiger partial charge in [-0.2, -0.15) is 0 Å². The zero-order valence-electron chi connectivity index (χ0n) is 12.9. The highest BCUT2D eigenvalue weighted by molar-refractivity contribution is 7.88. The van der Waals surface area contributed by atoms with Crippen molar-refractivity contribution in [1.29, 1.82) is 0 Å². The van der Waals surface area contributed by atoms with Crippen LogP contribution in [0, 0.1) is 5.92 Å². The van der Waals surface area contributed by atoms with E-state index in [9.17, 15) is 13.2 Å². The molecule has 1 fully saturated rings. The number of ether oxygens (including phenoxy) is 1. The largest absolute Gasteiger partial charge is 0.494 e. The Morgan fingerprint density at radius 1 is 1.45 bits per heavy atom. The number of amides is 1. The van der Waals surface area contributed by atoms with Crippen LogP contribution in [0.1, 0.15) is 19.8 Å². The number of nitrogens with zero attached hydrogens (tertiary/aromatic N) is 1. The zero-order valence-corrected chi connectivity index (χ0v) is 13.7. The van der Waals surface area contributed by atoms with Gasteiger partial charge >= 0.3 is 0 Å². The van der Waals surface area contributed by atoms with Crippen molar-refractivity contribution in [3.8, 4) is 5.75 Å². The second kappa shape index (κ2) is 7.11. The third-order valence-electron chi connectivity index (χ3n) is 3.64. The molecule has 1 aliphatic heterocycles. The van der Waals surface area contributed by atoms with E-state index in [1.165, 1.54) is 10.6 Å². The second-order valence-corrected chi connectivity index (χ2v) is 7.39. The van der Waals surface area contributed by atoms with Crippen LogP contribution in [0.25, 0.3) is 0 Å². The molecule has 122 valence electrons. The topological polar surface area (TPSA) is 75.7 Å². The maximum absolute atomic E-state index is 12.3. The van der Waals surface area contributed by atoms with E-state index in [2.05, 4.69) is 5.32 Å². The molecular formula is C15H22N2O4S. The van der Waals surface area contributed by atoms with Crippen molar-refractivity contribution in [2.75, 3.05) is 31.3 Å². The molecule has 2 rings (SSSR count). The normalized spacial score (nSPS) is 19.6. The Kier molecular flexibility index (Phi) is 5.42. The molecule has 22 heavy (non-hydrogen) atoms. The number of hydrogen-bond acceptors (Lipinski definition) is 4. The second-order valence-electron chi connectivity index (χ2n) is 5.41. The third-order valence-corrected chi connectivity index (χ3v) is 4.91. The van der Waals surface area contributed by atoms with E-state index >= 15 is 0 Å². The lowest BCUT2D eigenvalue weighted by molar-refractivity contribution is -0.120. The first-order valence-corrected chi connectivity index (χ1v) is 9.24. The molecule has 6 nitrogen and oxygen atoms in total. The molecule has 0 saturated carbocycles. The van der Waals surface area contributed by atoms with Gasteiger partial charge in [-0.1, -0.05) is 6.07 Å². The number of rotatable bonds is 5. The molecule has 1 saturated heterocycles. The van der Waals surface area contributed by atoms with Crippen molar-refractivity contribution in [2.45, 2.75) is 19.8 Å². The Balaban J connectivity index is 2.01. The summed E-state index contributed by atoms with van der Waals surface area (Å²) >= 11 is 0. The molecule has 1 aliphatic rings. The molecule has 1 aromatic carbocycles. The lowest BCUT2D eigenvalue weighted by Gasteiger charge is -2.30. The number of hydrogen-bond donors (Lipinski definition) is 1. The molecule has 0 aliphatic carbocycles. The summed E-state index contributed by atoms with van der Waals surface area (Å²) in [6.45, 7) is 3.19. The number of benzene rings is 1. The predicted octanol–water partition coefficient (Wildman–Crippen LogP) is 1.70. The van der Waals surface area contributed by atoms with Crippen LogP contribution < -0.4 is 10.1 Å². The third kappa shape index (κ3) is 4.45. The summed E-state index contributed by atoms with van der Waals surface area (Å²) < 4.78 is 30.0. The van der Waals surface area contributed by atoms with Gasteiger partial charge in [0.2, 0.25) is 15.9 Å². The number of carbonyl (C=O) groups is 1. The molecule has 1 heterocycles. The number of piperidine rings is 1. The Labute approximate surface area is 131 Å². The van der Waals surface area contributed by atoms with Crippen LogP contribution >= 0.6 is 0 Å². The van der Waals surface area contributed by atoms with E-state index in [1.54, 1.807) is 12.1 Å². The Morgan fingerprint density at radius 2 is 2.23 bits per heavy atom. The summed E-state index contributed by atoms with van der Waals surface area (Å²) in [5.74, 6) is 0.225. The highest BCUT2D eigenvalue weighted by Gasteiger charge is 2.30. The van der Waals surface area contributed by atoms with Gasteiger partial charge in [-0.05, 0) is 31.9 Å². The molecule has 0 spiro atoms. The lowest BCUT2D eigenvalue weighted by atomic mass is 9.98. The van der Waals surface area contributed by atoms with Gasteiger partial charge in [0.15, 0.2) is 0 Å². The van der Waals surface area contributed by atoms with Gasteiger partial charge in [0.1, 0.15) is 5.75 Å². The zero-order chi connectivity index (χ0) is 16.2. The monoisotopic (exact) mass is 326 g/mol. The average Bonchev–Trinajstić information content (AvgIpc) is 2.47. The Bertz CT molecular complexity index is 630. The molecular weight excluding hydrogens is 304 g/mol. The fraction of sp³-hybridized carbons (Fsp3) is 0.533. The minimum Gasteiger partial charge on any atom is -0.494 e. The standard InChI is InChI=1S/C15H22N2O4S/c1-3-21-14-8-4-7-13(10-14)16-15(18)12-6-5-9-17(11-12)22(2,19)20/h4,7-8,10,12H,3,5-6,9,11H2,1-2H3,(H,16,18)/t12-/m1/s1. The number of anilines is 1. The summed E-state index contributed by atoms with van der Waals surface area (Å²) in [4.78, 5) is 12.3. The van der Waals surface area contributed by atoms with Crippen molar-refractivity contribution in [3.05, 3.63) is 24.3 Å². The highest BCUT2D eigenvalue weighted by Crippen LogP contribution is 2.22. The summed E-state index contributed by atoms with van der Waals surface area (Å²) in [7, 11) is -3.25. The minimum absolute atomic E-state index is 0.151. The molecule has 1 atom stereocenters. The molecule has 0 bridgehead atoms. The SMILES string of the molecule is CCOc1cccc(NC(=O)[C@@H]2CCCN(S(C)(=O)=O)C2)c1. The van der Waals surface area contributed by atoms with Gasteiger partial charge in [-0.3, -0.25) is 4.79 Å². The fourth-order valence-corrected chi connectivity index (χ4v) is 3.44. The van der Waals surface area contributed by atoms with E-state index in [0.29, 0.717) is 37.4 Å². The van der Waals surface area contributed by atoms with Crippen LogP contribution in [0.2, 0.25) is 0 Å². The van der Waals surface area contributed by atoms with Gasteiger partial charge in [0.25, 0.3) is 0 Å². The van der Waals surface area contributed by atoms with Crippen LogP contribution in [-0.4, -0.2) is 44.6 Å². The van der Waals surface area contributed by atoms with E-state index in [-0.39, 0.29) is 18.4 Å². The molecule has 1 N–H and O–H groups in total. The highest BCUT2D eigenvalue weighted by atomic mass is 32.2. The van der Waals surface area contributed by atoms with Crippen molar-refractivity contribution in [1.82, 2.24) is 4.31 Å². The van der Waals surface area contributed by atoms with E-state index in [0.717, 1.165) is 0 Å². The van der Waals surface area contributed by atoms with Crippen LogP contribution in [0.5, 0.6) is 5.75 Å². The van der Waals surface area contributed by atoms with E-state index in [1.807, 2.05) is 19.1 Å². The molecule has 0 aromatic heterocycles. The van der Waals surface area contributed by atoms with Gasteiger partial charge in [0, 0.05) is 24.8 Å². The maximum Gasteiger partial charge on any atom is 0.228 e. The Morgan fingerprint density at radius 3 is 2.91 bits per heavy atom. The summed E-state index contributed by atoms with van der Waals surface area (Å²) in [6.07, 6.45) is 2.58. The van der Waals surface area contributed by atoms with E-state index < -0.39 is 10.0 Å². The van der Waals surface area contributed by atoms with Crippen molar-refractivity contribution < 1.29 is 17.9 Å². The molecule has 0 unspecified atom stereocenters. The fourth-order valence-electron chi connectivity index (χ4n) is 2.53.